The molecule has 1 aliphatic heterocycles. The van der Waals surface area contributed by atoms with Crippen molar-refractivity contribution in [3.63, 3.8) is 0 Å². The Kier molecular flexibility index (Phi) is 4.40. The van der Waals surface area contributed by atoms with Crippen LogP contribution in [0.3, 0.4) is 0 Å². The molecule has 3 nitrogen and oxygen atoms in total. The van der Waals surface area contributed by atoms with Crippen LogP contribution in [-0.2, 0) is 11.2 Å². The number of hydrogen-bond donors (Lipinski definition) is 1. The summed E-state index contributed by atoms with van der Waals surface area (Å²) in [5.41, 5.74) is 6.26. The molecule has 2 unspecified atom stereocenters. The van der Waals surface area contributed by atoms with Crippen molar-refractivity contribution in [2.24, 2.45) is 5.73 Å². The van der Waals surface area contributed by atoms with E-state index < -0.39 is 0 Å². The minimum absolute atomic E-state index is 0.0811. The number of nitrogens with two attached hydrogens (primary N) is 1. The molecule has 1 aromatic rings. The topological polar surface area (TPSA) is 46.3 Å². The second kappa shape index (κ2) is 5.85. The summed E-state index contributed by atoms with van der Waals surface area (Å²) in [6.45, 7) is 5.08. The van der Waals surface area contributed by atoms with E-state index in [1.54, 1.807) is 11.3 Å². The quantitative estimate of drug-likeness (QED) is 0.911. The third kappa shape index (κ3) is 2.59. The average molecular weight is 266 g/mol. The first-order chi connectivity index (χ1) is 8.67. The fourth-order valence-electron chi connectivity index (χ4n) is 2.59. The predicted molar refractivity (Wildman–Crippen MR) is 75.7 cm³/mol. The molecule has 4 heteroatoms. The van der Waals surface area contributed by atoms with E-state index in [0.717, 1.165) is 25.8 Å². The van der Waals surface area contributed by atoms with Crippen molar-refractivity contribution in [1.82, 2.24) is 4.90 Å². The first kappa shape index (κ1) is 13.6. The van der Waals surface area contributed by atoms with E-state index in [9.17, 15) is 4.79 Å². The maximum absolute atomic E-state index is 12.1. The van der Waals surface area contributed by atoms with Crippen molar-refractivity contribution < 1.29 is 4.79 Å². The van der Waals surface area contributed by atoms with Crippen LogP contribution in [0.5, 0.6) is 0 Å². The molecular weight excluding hydrogens is 244 g/mol. The zero-order chi connectivity index (χ0) is 13.1. The van der Waals surface area contributed by atoms with Crippen LogP contribution in [0, 0.1) is 0 Å². The Balaban J connectivity index is 2.26. The molecule has 1 aromatic heterocycles. The average Bonchev–Trinajstić information content (AvgIpc) is 2.83. The van der Waals surface area contributed by atoms with Gasteiger partial charge in [0.15, 0.2) is 0 Å². The van der Waals surface area contributed by atoms with Gasteiger partial charge in [0.05, 0.1) is 6.04 Å². The van der Waals surface area contributed by atoms with Crippen LogP contribution in [0.25, 0.3) is 0 Å². The second-order valence-electron chi connectivity index (χ2n) is 4.89. The molecule has 2 atom stereocenters. The summed E-state index contributed by atoms with van der Waals surface area (Å²) < 4.78 is 0. The Morgan fingerprint density at radius 1 is 1.44 bits per heavy atom. The molecule has 0 radical (unpaired) electrons. The first-order valence-electron chi connectivity index (χ1n) is 6.81. The maximum Gasteiger partial charge on any atom is 0.223 e. The van der Waals surface area contributed by atoms with Crippen molar-refractivity contribution in [3.05, 3.63) is 21.9 Å². The van der Waals surface area contributed by atoms with E-state index in [0.29, 0.717) is 6.42 Å². The molecule has 18 heavy (non-hydrogen) atoms. The van der Waals surface area contributed by atoms with Gasteiger partial charge in [0.1, 0.15) is 0 Å². The number of thiophene rings is 1. The van der Waals surface area contributed by atoms with Gasteiger partial charge in [-0.05, 0) is 31.4 Å². The van der Waals surface area contributed by atoms with Gasteiger partial charge in [-0.1, -0.05) is 13.8 Å². The molecule has 1 saturated heterocycles. The van der Waals surface area contributed by atoms with Gasteiger partial charge >= 0.3 is 0 Å². The molecule has 100 valence electrons. The lowest BCUT2D eigenvalue weighted by Gasteiger charge is -2.39. The number of aryl methyl sites for hydroxylation is 1. The Bertz CT molecular complexity index is 416. The highest BCUT2D eigenvalue weighted by Crippen LogP contribution is 2.35. The molecule has 0 saturated carbocycles. The third-order valence-electron chi connectivity index (χ3n) is 3.54. The summed E-state index contributed by atoms with van der Waals surface area (Å²) in [7, 11) is 0. The van der Waals surface area contributed by atoms with Crippen molar-refractivity contribution in [1.29, 1.82) is 0 Å². The van der Waals surface area contributed by atoms with Crippen LogP contribution in [0.2, 0.25) is 0 Å². The second-order valence-corrected chi connectivity index (χ2v) is 6.09. The largest absolute Gasteiger partial charge is 0.333 e. The molecule has 2 rings (SSSR count). The van der Waals surface area contributed by atoms with Gasteiger partial charge in [-0.25, -0.2) is 0 Å². The molecule has 1 fully saturated rings. The standard InChI is InChI=1S/C14H22N2OS/c1-3-9-16-13(17)8-6-11(15)14(16)12-7-5-10(4-2)18-12/h5,7,11,14H,3-4,6,8-9,15H2,1-2H3. The molecule has 1 amide bonds. The van der Waals surface area contributed by atoms with Crippen LogP contribution in [0.1, 0.15) is 48.9 Å². The molecule has 0 bridgehead atoms. The van der Waals surface area contributed by atoms with Gasteiger partial charge < -0.3 is 10.6 Å². The van der Waals surface area contributed by atoms with E-state index in [4.69, 9.17) is 5.73 Å². The van der Waals surface area contributed by atoms with E-state index in [2.05, 4.69) is 26.0 Å². The highest BCUT2D eigenvalue weighted by molar-refractivity contribution is 7.12. The predicted octanol–water partition coefficient (Wildman–Crippen LogP) is 2.71. The molecule has 2 heterocycles. The highest BCUT2D eigenvalue weighted by Gasteiger charge is 2.35. The summed E-state index contributed by atoms with van der Waals surface area (Å²) in [6, 6.07) is 4.49. The van der Waals surface area contributed by atoms with E-state index in [-0.39, 0.29) is 18.0 Å². The maximum atomic E-state index is 12.1. The van der Waals surface area contributed by atoms with Crippen LogP contribution in [0.4, 0.5) is 0 Å². The molecule has 0 spiro atoms. The zero-order valence-electron chi connectivity index (χ0n) is 11.2. The summed E-state index contributed by atoms with van der Waals surface area (Å²) >= 11 is 1.80. The number of carbonyl (C=O) groups excluding carboxylic acids is 1. The highest BCUT2D eigenvalue weighted by atomic mass is 32.1. The smallest absolute Gasteiger partial charge is 0.223 e. The SMILES string of the molecule is CCCN1C(=O)CCC(N)C1c1ccc(CC)s1. The monoisotopic (exact) mass is 266 g/mol. The minimum atomic E-state index is 0.0811. The summed E-state index contributed by atoms with van der Waals surface area (Å²) in [5, 5.41) is 0. The Morgan fingerprint density at radius 2 is 2.22 bits per heavy atom. The van der Waals surface area contributed by atoms with Crippen molar-refractivity contribution in [2.75, 3.05) is 6.54 Å². The number of piperidine rings is 1. The van der Waals surface area contributed by atoms with Crippen LogP contribution in [-0.4, -0.2) is 23.4 Å². The number of amides is 1. The number of likely N-dealkylation sites (tertiary alicyclic amines) is 1. The minimum Gasteiger partial charge on any atom is -0.333 e. The first-order valence-corrected chi connectivity index (χ1v) is 7.62. The lowest BCUT2D eigenvalue weighted by Crippen LogP contribution is -2.48. The number of rotatable bonds is 4. The van der Waals surface area contributed by atoms with Gasteiger partial charge in [-0.3, -0.25) is 4.79 Å². The van der Waals surface area contributed by atoms with Crippen LogP contribution >= 0.6 is 11.3 Å². The lowest BCUT2D eigenvalue weighted by molar-refractivity contribution is -0.137. The van der Waals surface area contributed by atoms with Crippen LogP contribution < -0.4 is 5.73 Å². The Hall–Kier alpha value is -0.870. The molecule has 1 aliphatic rings. The normalized spacial score (nSPS) is 24.6. The summed E-state index contributed by atoms with van der Waals surface area (Å²) in [5.74, 6) is 0.259. The molecule has 2 N–H and O–H groups in total. The van der Waals surface area contributed by atoms with Crippen molar-refractivity contribution >= 4 is 17.2 Å². The fourth-order valence-corrected chi connectivity index (χ4v) is 3.73. The number of carbonyl (C=O) groups is 1. The van der Waals surface area contributed by atoms with Crippen LogP contribution in [0.15, 0.2) is 12.1 Å². The van der Waals surface area contributed by atoms with Gasteiger partial charge in [0.2, 0.25) is 5.91 Å². The van der Waals surface area contributed by atoms with Gasteiger partial charge in [0, 0.05) is 28.8 Å². The number of hydrogen-bond acceptors (Lipinski definition) is 3. The third-order valence-corrected chi connectivity index (χ3v) is 4.84. The number of nitrogens with zero attached hydrogens (tertiary/aromatic N) is 1. The molecule has 0 aliphatic carbocycles. The van der Waals surface area contributed by atoms with Crippen molar-refractivity contribution in [2.45, 2.75) is 51.6 Å². The zero-order valence-corrected chi connectivity index (χ0v) is 12.0. The van der Waals surface area contributed by atoms with Crippen molar-refractivity contribution in [3.8, 4) is 0 Å². The Morgan fingerprint density at radius 3 is 2.83 bits per heavy atom. The van der Waals surface area contributed by atoms with Gasteiger partial charge in [-0.2, -0.15) is 0 Å². The molecular formula is C14H22N2OS. The summed E-state index contributed by atoms with van der Waals surface area (Å²) in [6.07, 6.45) is 3.45. The lowest BCUT2D eigenvalue weighted by atomic mass is 9.95. The van der Waals surface area contributed by atoms with Gasteiger partial charge in [0.25, 0.3) is 0 Å². The van der Waals surface area contributed by atoms with Gasteiger partial charge in [-0.15, -0.1) is 11.3 Å². The van der Waals surface area contributed by atoms with E-state index >= 15 is 0 Å². The Labute approximate surface area is 113 Å². The summed E-state index contributed by atoms with van der Waals surface area (Å²) in [4.78, 5) is 16.7. The van der Waals surface area contributed by atoms with E-state index in [1.807, 2.05) is 4.90 Å². The fraction of sp³-hybridized carbons (Fsp3) is 0.643. The van der Waals surface area contributed by atoms with E-state index in [1.165, 1.54) is 9.75 Å². The molecule has 0 aromatic carbocycles.